The van der Waals surface area contributed by atoms with Crippen LogP contribution in [0.3, 0.4) is 0 Å². The normalized spacial score (nSPS) is 21.8. The van der Waals surface area contributed by atoms with E-state index in [4.69, 9.17) is 0 Å². The van der Waals surface area contributed by atoms with Crippen molar-refractivity contribution in [3.05, 3.63) is 0 Å². The summed E-state index contributed by atoms with van der Waals surface area (Å²) in [6.45, 7) is 6.10. The molecule has 0 fully saturated rings. The molecule has 2 unspecified atom stereocenters. The van der Waals surface area contributed by atoms with Gasteiger partial charge in [0, 0.05) is 25.8 Å². The van der Waals surface area contributed by atoms with E-state index < -0.39 is 0 Å². The molecule has 0 aromatic carbocycles. The van der Waals surface area contributed by atoms with Gasteiger partial charge in [0.2, 0.25) is 5.91 Å². The molecule has 134 valence electrons. The Morgan fingerprint density at radius 2 is 1.87 bits per heavy atom. The Kier molecular flexibility index (Phi) is 11.0. The molecule has 0 saturated carbocycles. The summed E-state index contributed by atoms with van der Waals surface area (Å²) < 4.78 is 0. The minimum absolute atomic E-state index is 0.100. The lowest BCUT2D eigenvalue weighted by Crippen LogP contribution is -2.42. The Morgan fingerprint density at radius 3 is 2.57 bits per heavy atom. The highest BCUT2D eigenvalue weighted by atomic mass is 16.3. The number of hydrogen-bond acceptors (Lipinski definition) is 3. The van der Waals surface area contributed by atoms with E-state index in [1.807, 2.05) is 11.8 Å². The molecule has 4 heteroatoms. The first-order chi connectivity index (χ1) is 11.1. The molecular weight excluding hydrogens is 288 g/mol. The molecule has 23 heavy (non-hydrogen) atoms. The van der Waals surface area contributed by atoms with Gasteiger partial charge in [0.1, 0.15) is 0 Å². The van der Waals surface area contributed by atoms with Gasteiger partial charge in [0.15, 0.2) is 0 Å². The molecule has 0 aromatic rings. The highest BCUT2D eigenvalue weighted by Crippen LogP contribution is 2.12. The topological polar surface area (TPSA) is 52.9 Å². The van der Waals surface area contributed by atoms with Gasteiger partial charge in [-0.15, -0.1) is 0 Å². The molecule has 1 aliphatic heterocycles. The average molecular weight is 325 g/mol. The molecule has 1 amide bonds. The second kappa shape index (κ2) is 12.5. The molecule has 0 saturated heterocycles. The minimum atomic E-state index is -0.386. The van der Waals surface area contributed by atoms with Crippen molar-refractivity contribution in [2.24, 2.45) is 10.9 Å². The van der Waals surface area contributed by atoms with Crippen LogP contribution in [0.5, 0.6) is 0 Å². The standard InChI is InChI=1S/C19H36N2O2/c1-3-4-5-6-7-8-9-10-12-18(22)16-21-14-11-13-20-15-17(2)19(21)23/h15,17-18,22H,3-14,16H2,1-2H3/b20-15-. The SMILES string of the molecule is CCCCCCCCCCC(O)CN1CCC/N=C\C(C)C1=O. The molecule has 0 aromatic heterocycles. The van der Waals surface area contributed by atoms with E-state index in [2.05, 4.69) is 11.9 Å². The van der Waals surface area contributed by atoms with Gasteiger partial charge in [-0.25, -0.2) is 0 Å². The van der Waals surface area contributed by atoms with E-state index in [0.29, 0.717) is 6.54 Å². The number of aliphatic hydroxyl groups excluding tert-OH is 1. The lowest BCUT2D eigenvalue weighted by atomic mass is 10.0. The molecule has 1 heterocycles. The molecule has 2 atom stereocenters. The van der Waals surface area contributed by atoms with Crippen molar-refractivity contribution in [1.82, 2.24) is 4.90 Å². The molecule has 1 aliphatic rings. The third-order valence-corrected chi connectivity index (χ3v) is 4.57. The van der Waals surface area contributed by atoms with Crippen LogP contribution in [0, 0.1) is 5.92 Å². The zero-order valence-corrected chi connectivity index (χ0v) is 15.2. The molecule has 0 bridgehead atoms. The number of unbranched alkanes of at least 4 members (excludes halogenated alkanes) is 7. The number of nitrogens with zero attached hydrogens (tertiary/aromatic N) is 2. The Labute approximate surface area is 142 Å². The maximum absolute atomic E-state index is 12.3. The van der Waals surface area contributed by atoms with Crippen LogP contribution in [0.25, 0.3) is 0 Å². The van der Waals surface area contributed by atoms with Gasteiger partial charge in [-0.2, -0.15) is 0 Å². The summed E-state index contributed by atoms with van der Waals surface area (Å²) in [6, 6.07) is 0. The molecule has 0 spiro atoms. The van der Waals surface area contributed by atoms with Crippen molar-refractivity contribution < 1.29 is 9.90 Å². The van der Waals surface area contributed by atoms with Crippen LogP contribution in [-0.4, -0.2) is 47.9 Å². The Morgan fingerprint density at radius 1 is 1.22 bits per heavy atom. The molecule has 1 N–H and O–H groups in total. The number of rotatable bonds is 11. The zero-order valence-electron chi connectivity index (χ0n) is 15.2. The molecule has 0 radical (unpaired) electrons. The number of aliphatic imine (C=N–C) groups is 1. The maximum Gasteiger partial charge on any atom is 0.230 e. The quantitative estimate of drug-likeness (QED) is 0.587. The fourth-order valence-electron chi connectivity index (χ4n) is 3.09. The molecule has 0 aliphatic carbocycles. The van der Waals surface area contributed by atoms with Gasteiger partial charge in [0.05, 0.1) is 12.0 Å². The molecule has 1 rings (SSSR count). The Balaban J connectivity index is 2.13. The summed E-state index contributed by atoms with van der Waals surface area (Å²) in [7, 11) is 0. The van der Waals surface area contributed by atoms with Crippen molar-refractivity contribution in [3.8, 4) is 0 Å². The zero-order chi connectivity index (χ0) is 16.9. The van der Waals surface area contributed by atoms with Crippen molar-refractivity contribution >= 4 is 12.1 Å². The van der Waals surface area contributed by atoms with Crippen LogP contribution >= 0.6 is 0 Å². The van der Waals surface area contributed by atoms with E-state index in [1.165, 1.54) is 44.9 Å². The largest absolute Gasteiger partial charge is 0.391 e. The van der Waals surface area contributed by atoms with Crippen molar-refractivity contribution in [3.63, 3.8) is 0 Å². The van der Waals surface area contributed by atoms with E-state index in [9.17, 15) is 9.90 Å². The summed E-state index contributed by atoms with van der Waals surface area (Å²) in [4.78, 5) is 18.3. The summed E-state index contributed by atoms with van der Waals surface area (Å²) in [6.07, 6.45) is 13.3. The first kappa shape index (κ1) is 20.1. The smallest absolute Gasteiger partial charge is 0.230 e. The number of carbonyl (C=O) groups excluding carboxylic acids is 1. The van der Waals surface area contributed by atoms with Crippen LogP contribution in [0.2, 0.25) is 0 Å². The van der Waals surface area contributed by atoms with Crippen LogP contribution in [0.15, 0.2) is 4.99 Å². The number of hydrogen-bond donors (Lipinski definition) is 1. The highest BCUT2D eigenvalue weighted by molar-refractivity contribution is 5.93. The van der Waals surface area contributed by atoms with E-state index in [-0.39, 0.29) is 17.9 Å². The molecular formula is C19H36N2O2. The minimum Gasteiger partial charge on any atom is -0.391 e. The van der Waals surface area contributed by atoms with Crippen LogP contribution in [-0.2, 0) is 4.79 Å². The second-order valence-electron chi connectivity index (χ2n) is 6.90. The first-order valence-corrected chi connectivity index (χ1v) is 9.62. The third kappa shape index (κ3) is 9.09. The second-order valence-corrected chi connectivity index (χ2v) is 6.90. The third-order valence-electron chi connectivity index (χ3n) is 4.57. The Bertz CT molecular complexity index is 344. The van der Waals surface area contributed by atoms with E-state index >= 15 is 0 Å². The summed E-state index contributed by atoms with van der Waals surface area (Å²) >= 11 is 0. The van der Waals surface area contributed by atoms with E-state index in [0.717, 1.165) is 32.4 Å². The van der Waals surface area contributed by atoms with Gasteiger partial charge < -0.3 is 10.0 Å². The van der Waals surface area contributed by atoms with Crippen LogP contribution < -0.4 is 0 Å². The van der Waals surface area contributed by atoms with Crippen molar-refractivity contribution in [2.75, 3.05) is 19.6 Å². The average Bonchev–Trinajstić information content (AvgIpc) is 2.54. The van der Waals surface area contributed by atoms with Crippen LogP contribution in [0.4, 0.5) is 0 Å². The first-order valence-electron chi connectivity index (χ1n) is 9.62. The van der Waals surface area contributed by atoms with Crippen molar-refractivity contribution in [1.29, 1.82) is 0 Å². The van der Waals surface area contributed by atoms with E-state index in [1.54, 1.807) is 6.21 Å². The fraction of sp³-hybridized carbons (Fsp3) is 0.895. The highest BCUT2D eigenvalue weighted by Gasteiger charge is 2.22. The van der Waals surface area contributed by atoms with Gasteiger partial charge in [0.25, 0.3) is 0 Å². The number of β-amino-alcohol motifs (C(OH)–C–C–N with tert-alkyl or cyclic N) is 1. The maximum atomic E-state index is 12.3. The summed E-state index contributed by atoms with van der Waals surface area (Å²) in [5, 5.41) is 10.2. The van der Waals surface area contributed by atoms with Crippen molar-refractivity contribution in [2.45, 2.75) is 84.2 Å². The van der Waals surface area contributed by atoms with Gasteiger partial charge in [-0.3, -0.25) is 9.79 Å². The summed E-state index contributed by atoms with van der Waals surface area (Å²) in [5.74, 6) is -0.0611. The number of amides is 1. The van der Waals surface area contributed by atoms with Gasteiger partial charge in [-0.05, 0) is 19.8 Å². The number of carbonyl (C=O) groups is 1. The lowest BCUT2D eigenvalue weighted by Gasteiger charge is -2.28. The van der Waals surface area contributed by atoms with Gasteiger partial charge in [-0.1, -0.05) is 58.3 Å². The predicted octanol–water partition coefficient (Wildman–Crippen LogP) is 3.82. The van der Waals surface area contributed by atoms with Crippen LogP contribution in [0.1, 0.15) is 78.1 Å². The summed E-state index contributed by atoms with van der Waals surface area (Å²) in [5.41, 5.74) is 0. The van der Waals surface area contributed by atoms with Gasteiger partial charge >= 0.3 is 0 Å². The lowest BCUT2D eigenvalue weighted by molar-refractivity contribution is -0.134. The predicted molar refractivity (Wildman–Crippen MR) is 97.0 cm³/mol. The fourth-order valence-corrected chi connectivity index (χ4v) is 3.09. The Hall–Kier alpha value is -0.900. The monoisotopic (exact) mass is 324 g/mol. The molecule has 4 nitrogen and oxygen atoms in total. The number of aliphatic hydroxyl groups is 1.